The molecule has 1 N–H and O–H groups in total. The second-order valence-corrected chi connectivity index (χ2v) is 6.27. The maximum Gasteiger partial charge on any atom is 0.307 e. The highest BCUT2D eigenvalue weighted by Gasteiger charge is 2.19. The number of para-hydroxylation sites is 1. The topological polar surface area (TPSA) is 55.4 Å². The zero-order valence-corrected chi connectivity index (χ0v) is 15.2. The molecule has 0 unspecified atom stereocenters. The Balaban J connectivity index is 1.61. The quantitative estimate of drug-likeness (QED) is 0.616. The Morgan fingerprint density at radius 3 is 1.93 bits per heavy atom. The number of anilines is 1. The van der Waals surface area contributed by atoms with Gasteiger partial charge in [0.05, 0.1) is 12.1 Å². The second kappa shape index (κ2) is 9.46. The lowest BCUT2D eigenvalue weighted by atomic mass is 9.89. The fourth-order valence-corrected chi connectivity index (χ4v) is 2.92. The molecule has 0 aliphatic carbocycles. The molecule has 0 aliphatic heterocycles. The molecule has 4 nitrogen and oxygen atoms in total. The Morgan fingerprint density at radius 2 is 1.36 bits per heavy atom. The molecule has 0 bridgehead atoms. The molecular formula is C23H20FNO3. The van der Waals surface area contributed by atoms with E-state index in [-0.39, 0.29) is 18.0 Å². The third-order valence-electron chi connectivity index (χ3n) is 4.29. The Morgan fingerprint density at radius 1 is 0.821 bits per heavy atom. The summed E-state index contributed by atoms with van der Waals surface area (Å²) in [5.74, 6) is -1.81. The lowest BCUT2D eigenvalue weighted by Crippen LogP contribution is -2.22. The molecule has 0 saturated carbocycles. The van der Waals surface area contributed by atoms with Gasteiger partial charge in [-0.25, -0.2) is 4.39 Å². The van der Waals surface area contributed by atoms with E-state index in [1.54, 1.807) is 6.07 Å². The van der Waals surface area contributed by atoms with Gasteiger partial charge in [0.1, 0.15) is 5.82 Å². The largest absolute Gasteiger partial charge is 0.456 e. The van der Waals surface area contributed by atoms with Crippen molar-refractivity contribution >= 4 is 17.6 Å². The van der Waals surface area contributed by atoms with Gasteiger partial charge in [-0.1, -0.05) is 72.8 Å². The molecule has 0 saturated heterocycles. The highest BCUT2D eigenvalue weighted by atomic mass is 19.1. The van der Waals surface area contributed by atoms with Crippen molar-refractivity contribution in [2.24, 2.45) is 0 Å². The van der Waals surface area contributed by atoms with Crippen LogP contribution in [-0.2, 0) is 14.3 Å². The van der Waals surface area contributed by atoms with Crippen LogP contribution in [0.4, 0.5) is 10.1 Å². The SMILES string of the molecule is O=C(COC(=O)CC(c1ccccc1)c1ccccc1)Nc1ccccc1F. The monoisotopic (exact) mass is 377 g/mol. The first-order valence-corrected chi connectivity index (χ1v) is 8.93. The van der Waals surface area contributed by atoms with Gasteiger partial charge in [0, 0.05) is 5.92 Å². The summed E-state index contributed by atoms with van der Waals surface area (Å²) in [6, 6.07) is 25.1. The Kier molecular flexibility index (Phi) is 6.52. The average molecular weight is 377 g/mol. The van der Waals surface area contributed by atoms with Crippen molar-refractivity contribution in [2.45, 2.75) is 12.3 Å². The van der Waals surface area contributed by atoms with Gasteiger partial charge in [0.15, 0.2) is 6.61 Å². The van der Waals surface area contributed by atoms with Gasteiger partial charge in [-0.3, -0.25) is 9.59 Å². The number of esters is 1. The fourth-order valence-electron chi connectivity index (χ4n) is 2.92. The van der Waals surface area contributed by atoms with Crippen molar-refractivity contribution in [3.05, 3.63) is 102 Å². The van der Waals surface area contributed by atoms with Crippen LogP contribution in [0.3, 0.4) is 0 Å². The Bertz CT molecular complexity index is 889. The molecule has 0 aliphatic rings. The van der Waals surface area contributed by atoms with Gasteiger partial charge in [0.25, 0.3) is 5.91 Å². The first-order chi connectivity index (χ1) is 13.6. The summed E-state index contributed by atoms with van der Waals surface area (Å²) < 4.78 is 18.7. The number of amides is 1. The summed E-state index contributed by atoms with van der Waals surface area (Å²) in [5, 5.41) is 2.39. The summed E-state index contributed by atoms with van der Waals surface area (Å²) in [4.78, 5) is 24.3. The molecule has 28 heavy (non-hydrogen) atoms. The van der Waals surface area contributed by atoms with Gasteiger partial charge < -0.3 is 10.1 Å². The van der Waals surface area contributed by atoms with E-state index < -0.39 is 24.3 Å². The van der Waals surface area contributed by atoms with Crippen LogP contribution in [0.5, 0.6) is 0 Å². The van der Waals surface area contributed by atoms with Crippen molar-refractivity contribution in [3.63, 3.8) is 0 Å². The predicted molar refractivity (Wildman–Crippen MR) is 105 cm³/mol. The molecular weight excluding hydrogens is 357 g/mol. The van der Waals surface area contributed by atoms with Gasteiger partial charge >= 0.3 is 5.97 Å². The molecule has 5 heteroatoms. The Labute approximate surface area is 163 Å². The van der Waals surface area contributed by atoms with Crippen LogP contribution in [0, 0.1) is 5.82 Å². The van der Waals surface area contributed by atoms with Crippen molar-refractivity contribution in [2.75, 3.05) is 11.9 Å². The van der Waals surface area contributed by atoms with Crippen LogP contribution in [0.15, 0.2) is 84.9 Å². The number of rotatable bonds is 7. The zero-order valence-electron chi connectivity index (χ0n) is 15.2. The molecule has 142 valence electrons. The fraction of sp³-hybridized carbons (Fsp3) is 0.130. The van der Waals surface area contributed by atoms with Gasteiger partial charge in [0.2, 0.25) is 0 Å². The molecule has 3 rings (SSSR count). The normalized spacial score (nSPS) is 10.5. The summed E-state index contributed by atoms with van der Waals surface area (Å²) in [7, 11) is 0. The predicted octanol–water partition coefficient (Wildman–Crippen LogP) is 4.53. The van der Waals surface area contributed by atoms with E-state index in [9.17, 15) is 14.0 Å². The lowest BCUT2D eigenvalue weighted by Gasteiger charge is -2.17. The molecule has 0 spiro atoms. The lowest BCUT2D eigenvalue weighted by molar-refractivity contribution is -0.147. The number of hydrogen-bond donors (Lipinski definition) is 1. The van der Waals surface area contributed by atoms with Gasteiger partial charge in [-0.15, -0.1) is 0 Å². The van der Waals surface area contributed by atoms with Crippen molar-refractivity contribution in [1.82, 2.24) is 0 Å². The molecule has 0 atom stereocenters. The molecule has 0 radical (unpaired) electrons. The van der Waals surface area contributed by atoms with E-state index in [1.807, 2.05) is 60.7 Å². The van der Waals surface area contributed by atoms with Crippen molar-refractivity contribution in [3.8, 4) is 0 Å². The van der Waals surface area contributed by atoms with Crippen LogP contribution in [0.1, 0.15) is 23.5 Å². The van der Waals surface area contributed by atoms with Crippen LogP contribution in [-0.4, -0.2) is 18.5 Å². The first-order valence-electron chi connectivity index (χ1n) is 8.93. The molecule has 3 aromatic carbocycles. The molecule has 3 aromatic rings. The first kappa shape index (κ1) is 19.3. The number of ether oxygens (including phenoxy) is 1. The number of halogens is 1. The van der Waals surface area contributed by atoms with E-state index in [2.05, 4.69) is 5.32 Å². The summed E-state index contributed by atoms with van der Waals surface area (Å²) in [6.07, 6.45) is 0.0982. The van der Waals surface area contributed by atoms with Crippen molar-refractivity contribution < 1.29 is 18.7 Å². The van der Waals surface area contributed by atoms with Crippen LogP contribution in [0.2, 0.25) is 0 Å². The van der Waals surface area contributed by atoms with Crippen LogP contribution < -0.4 is 5.32 Å². The van der Waals surface area contributed by atoms with E-state index in [0.29, 0.717) is 0 Å². The summed E-state index contributed by atoms with van der Waals surface area (Å²) in [6.45, 7) is -0.469. The maximum atomic E-state index is 13.6. The third-order valence-corrected chi connectivity index (χ3v) is 4.29. The second-order valence-electron chi connectivity index (χ2n) is 6.27. The summed E-state index contributed by atoms with van der Waals surface area (Å²) >= 11 is 0. The molecule has 1 amide bonds. The van der Waals surface area contributed by atoms with Gasteiger partial charge in [-0.05, 0) is 23.3 Å². The van der Waals surface area contributed by atoms with E-state index in [4.69, 9.17) is 4.74 Å². The van der Waals surface area contributed by atoms with E-state index in [1.165, 1.54) is 18.2 Å². The third kappa shape index (κ3) is 5.27. The van der Waals surface area contributed by atoms with E-state index >= 15 is 0 Å². The number of carbonyl (C=O) groups is 2. The molecule has 0 fully saturated rings. The minimum Gasteiger partial charge on any atom is -0.456 e. The highest BCUT2D eigenvalue weighted by molar-refractivity contribution is 5.92. The smallest absolute Gasteiger partial charge is 0.307 e. The highest BCUT2D eigenvalue weighted by Crippen LogP contribution is 2.28. The standard InChI is InChI=1S/C23H20FNO3/c24-20-13-7-8-14-21(20)25-22(26)16-28-23(27)15-19(17-9-3-1-4-10-17)18-11-5-2-6-12-18/h1-14,19H,15-16H2,(H,25,26). The Hall–Kier alpha value is -3.47. The minimum atomic E-state index is -0.588. The van der Waals surface area contributed by atoms with Crippen molar-refractivity contribution in [1.29, 1.82) is 0 Å². The number of nitrogens with one attached hydrogen (secondary N) is 1. The number of benzene rings is 3. The number of hydrogen-bond acceptors (Lipinski definition) is 3. The number of carbonyl (C=O) groups excluding carboxylic acids is 2. The minimum absolute atomic E-state index is 0.0509. The average Bonchev–Trinajstić information content (AvgIpc) is 2.73. The zero-order chi connectivity index (χ0) is 19.8. The van der Waals surface area contributed by atoms with Gasteiger partial charge in [-0.2, -0.15) is 0 Å². The van der Waals surface area contributed by atoms with Crippen LogP contribution in [0.25, 0.3) is 0 Å². The van der Waals surface area contributed by atoms with Crippen LogP contribution >= 0.6 is 0 Å². The van der Waals surface area contributed by atoms with E-state index in [0.717, 1.165) is 11.1 Å². The molecule has 0 heterocycles. The molecule has 0 aromatic heterocycles. The maximum absolute atomic E-state index is 13.6. The summed E-state index contributed by atoms with van der Waals surface area (Å²) in [5.41, 5.74) is 2.03.